The Morgan fingerprint density at radius 3 is 2.72 bits per heavy atom. The Labute approximate surface area is 151 Å². The highest BCUT2D eigenvalue weighted by Crippen LogP contribution is 2.20. The van der Waals surface area contributed by atoms with Crippen molar-refractivity contribution < 1.29 is 4.79 Å². The van der Waals surface area contributed by atoms with E-state index in [0.717, 1.165) is 31.2 Å². The molecule has 0 atom stereocenters. The Balaban J connectivity index is 1.41. The molecule has 3 heterocycles. The van der Waals surface area contributed by atoms with Crippen molar-refractivity contribution in [2.45, 2.75) is 26.3 Å². The molecule has 2 aromatic heterocycles. The number of anilines is 1. The first-order valence-electron chi connectivity index (χ1n) is 8.57. The lowest BCUT2D eigenvalue weighted by atomic mass is 9.96. The Bertz CT molecular complexity index is 693. The number of piperidine rings is 1. The molecule has 0 saturated carbocycles. The molecule has 0 aliphatic carbocycles. The molecule has 8 heteroatoms. The predicted molar refractivity (Wildman–Crippen MR) is 98.8 cm³/mol. The fourth-order valence-corrected chi connectivity index (χ4v) is 3.59. The zero-order valence-electron chi connectivity index (χ0n) is 14.7. The molecule has 2 N–H and O–H groups in total. The molecule has 0 unspecified atom stereocenters. The highest BCUT2D eigenvalue weighted by molar-refractivity contribution is 7.09. The second-order valence-corrected chi connectivity index (χ2v) is 7.40. The molecule has 7 nitrogen and oxygen atoms in total. The lowest BCUT2D eigenvalue weighted by Gasteiger charge is -2.31. The van der Waals surface area contributed by atoms with Gasteiger partial charge in [0.1, 0.15) is 5.82 Å². The van der Waals surface area contributed by atoms with Gasteiger partial charge < -0.3 is 10.6 Å². The third-order valence-corrected chi connectivity index (χ3v) is 5.28. The van der Waals surface area contributed by atoms with Crippen molar-refractivity contribution in [3.63, 3.8) is 0 Å². The zero-order valence-corrected chi connectivity index (χ0v) is 15.5. The maximum absolute atomic E-state index is 11.5. The summed E-state index contributed by atoms with van der Waals surface area (Å²) in [5.41, 5.74) is 1.52. The topological polar surface area (TPSA) is 83.0 Å². The lowest BCUT2D eigenvalue weighted by Crippen LogP contribution is -2.35. The summed E-state index contributed by atoms with van der Waals surface area (Å²) in [6, 6.07) is 3.49. The predicted octanol–water partition coefficient (Wildman–Crippen LogP) is 1.93. The van der Waals surface area contributed by atoms with Gasteiger partial charge in [-0.1, -0.05) is 0 Å². The maximum Gasteiger partial charge on any atom is 0.271 e. The van der Waals surface area contributed by atoms with Gasteiger partial charge in [-0.3, -0.25) is 9.69 Å². The standard InChI is InChI=1S/C17H24N6OS/c1-12-20-14(11-25-12)10-23-7-5-13(6-8-23)9-19-16-4-3-15(21-22-16)17(24)18-2/h3-4,11,13H,5-10H2,1-2H3,(H,18,24)(H,19,22). The number of rotatable bonds is 6. The minimum absolute atomic E-state index is 0.221. The van der Waals surface area contributed by atoms with E-state index in [1.165, 1.54) is 18.5 Å². The van der Waals surface area contributed by atoms with E-state index in [4.69, 9.17) is 0 Å². The van der Waals surface area contributed by atoms with Crippen molar-refractivity contribution >= 4 is 23.1 Å². The van der Waals surface area contributed by atoms with Gasteiger partial charge in [0, 0.05) is 25.5 Å². The average molecular weight is 360 g/mol. The molecule has 0 radical (unpaired) electrons. The van der Waals surface area contributed by atoms with Gasteiger partial charge in [0.05, 0.1) is 10.7 Å². The number of amides is 1. The van der Waals surface area contributed by atoms with Gasteiger partial charge in [0.25, 0.3) is 5.91 Å². The van der Waals surface area contributed by atoms with Crippen molar-refractivity contribution in [1.29, 1.82) is 0 Å². The van der Waals surface area contributed by atoms with Crippen LogP contribution < -0.4 is 10.6 Å². The summed E-state index contributed by atoms with van der Waals surface area (Å²) < 4.78 is 0. The molecule has 1 fully saturated rings. The fourth-order valence-electron chi connectivity index (χ4n) is 2.98. The third kappa shape index (κ3) is 4.96. The molecule has 1 saturated heterocycles. The maximum atomic E-state index is 11.5. The Morgan fingerprint density at radius 2 is 2.12 bits per heavy atom. The Hall–Kier alpha value is -2.06. The number of nitrogens with zero attached hydrogens (tertiary/aromatic N) is 4. The average Bonchev–Trinajstić information content (AvgIpc) is 3.05. The molecule has 3 rings (SSSR count). The number of aryl methyl sites for hydroxylation is 1. The van der Waals surface area contributed by atoms with Crippen LogP contribution in [0.4, 0.5) is 5.82 Å². The van der Waals surface area contributed by atoms with E-state index in [1.807, 2.05) is 0 Å². The minimum atomic E-state index is -0.221. The number of carbonyl (C=O) groups is 1. The summed E-state index contributed by atoms with van der Waals surface area (Å²) in [5.74, 6) is 1.13. The molecule has 2 aromatic rings. The zero-order chi connectivity index (χ0) is 17.6. The van der Waals surface area contributed by atoms with E-state index in [1.54, 1.807) is 30.5 Å². The van der Waals surface area contributed by atoms with Crippen molar-refractivity contribution in [3.05, 3.63) is 33.9 Å². The summed E-state index contributed by atoms with van der Waals surface area (Å²) in [5, 5.41) is 17.2. The summed E-state index contributed by atoms with van der Waals surface area (Å²) in [4.78, 5) is 18.5. The van der Waals surface area contributed by atoms with Crippen LogP contribution in [0.2, 0.25) is 0 Å². The van der Waals surface area contributed by atoms with Crippen molar-refractivity contribution in [3.8, 4) is 0 Å². The molecule has 0 bridgehead atoms. The lowest BCUT2D eigenvalue weighted by molar-refractivity contribution is 0.0957. The third-order valence-electron chi connectivity index (χ3n) is 4.46. The van der Waals surface area contributed by atoms with E-state index in [0.29, 0.717) is 17.4 Å². The number of thiazole rings is 1. The van der Waals surface area contributed by atoms with Crippen LogP contribution in [0.1, 0.15) is 34.0 Å². The smallest absolute Gasteiger partial charge is 0.271 e. The number of aromatic nitrogens is 3. The van der Waals surface area contributed by atoms with E-state index in [-0.39, 0.29) is 5.91 Å². The van der Waals surface area contributed by atoms with Crippen LogP contribution in [0.15, 0.2) is 17.5 Å². The van der Waals surface area contributed by atoms with Gasteiger partial charge in [-0.05, 0) is 50.9 Å². The monoisotopic (exact) mass is 360 g/mol. The minimum Gasteiger partial charge on any atom is -0.368 e. The Kier molecular flexibility index (Phi) is 5.93. The number of carbonyl (C=O) groups excluding carboxylic acids is 1. The normalized spacial score (nSPS) is 15.9. The first-order valence-corrected chi connectivity index (χ1v) is 9.45. The molecule has 1 aliphatic rings. The SMILES string of the molecule is CNC(=O)c1ccc(NCC2CCN(Cc3csc(C)n3)CC2)nn1. The van der Waals surface area contributed by atoms with Crippen molar-refractivity contribution in [1.82, 2.24) is 25.4 Å². The molecular formula is C17H24N6OS. The highest BCUT2D eigenvalue weighted by atomic mass is 32.1. The van der Waals surface area contributed by atoms with Crippen LogP contribution in [0.5, 0.6) is 0 Å². The molecule has 1 amide bonds. The van der Waals surface area contributed by atoms with E-state index >= 15 is 0 Å². The largest absolute Gasteiger partial charge is 0.368 e. The van der Waals surface area contributed by atoms with E-state index in [9.17, 15) is 4.79 Å². The van der Waals surface area contributed by atoms with Gasteiger partial charge in [-0.2, -0.15) is 0 Å². The highest BCUT2D eigenvalue weighted by Gasteiger charge is 2.20. The second kappa shape index (κ2) is 8.35. The fraction of sp³-hybridized carbons (Fsp3) is 0.529. The van der Waals surface area contributed by atoms with Crippen LogP contribution in [-0.2, 0) is 6.54 Å². The van der Waals surface area contributed by atoms with Crippen LogP contribution in [-0.4, -0.2) is 52.7 Å². The second-order valence-electron chi connectivity index (χ2n) is 6.34. The molecule has 0 aromatic carbocycles. The van der Waals surface area contributed by atoms with E-state index in [2.05, 4.69) is 43.0 Å². The Morgan fingerprint density at radius 1 is 1.32 bits per heavy atom. The van der Waals surface area contributed by atoms with Gasteiger partial charge in [0.15, 0.2) is 5.69 Å². The van der Waals surface area contributed by atoms with Crippen molar-refractivity contribution in [2.24, 2.45) is 5.92 Å². The molecule has 25 heavy (non-hydrogen) atoms. The van der Waals surface area contributed by atoms with Crippen molar-refractivity contribution in [2.75, 3.05) is 32.0 Å². The molecule has 134 valence electrons. The molecular weight excluding hydrogens is 336 g/mol. The number of likely N-dealkylation sites (tertiary alicyclic amines) is 1. The van der Waals surface area contributed by atoms with Crippen LogP contribution >= 0.6 is 11.3 Å². The van der Waals surface area contributed by atoms with E-state index < -0.39 is 0 Å². The quantitative estimate of drug-likeness (QED) is 0.819. The van der Waals surface area contributed by atoms with Crippen LogP contribution in [0.25, 0.3) is 0 Å². The van der Waals surface area contributed by atoms with Gasteiger partial charge in [0.2, 0.25) is 0 Å². The first-order chi connectivity index (χ1) is 12.1. The number of hydrogen-bond acceptors (Lipinski definition) is 7. The summed E-state index contributed by atoms with van der Waals surface area (Å²) in [7, 11) is 1.58. The van der Waals surface area contributed by atoms with Gasteiger partial charge in [-0.15, -0.1) is 21.5 Å². The summed E-state index contributed by atoms with van der Waals surface area (Å²) in [6.45, 7) is 6.10. The molecule has 0 spiro atoms. The van der Waals surface area contributed by atoms with Gasteiger partial charge in [-0.25, -0.2) is 4.98 Å². The number of nitrogens with one attached hydrogen (secondary N) is 2. The van der Waals surface area contributed by atoms with Crippen LogP contribution in [0, 0.1) is 12.8 Å². The van der Waals surface area contributed by atoms with Gasteiger partial charge >= 0.3 is 0 Å². The van der Waals surface area contributed by atoms with Crippen LogP contribution in [0.3, 0.4) is 0 Å². The summed E-state index contributed by atoms with van der Waals surface area (Å²) >= 11 is 1.72. The number of hydrogen-bond donors (Lipinski definition) is 2. The summed E-state index contributed by atoms with van der Waals surface area (Å²) in [6.07, 6.45) is 2.33. The first kappa shape index (κ1) is 17.8. The molecule has 1 aliphatic heterocycles.